The molecule has 0 saturated carbocycles. The Morgan fingerprint density at radius 1 is 1.46 bits per heavy atom. The number of methoxy groups -OCH3 is 1. The first-order chi connectivity index (χ1) is 11.2. The van der Waals surface area contributed by atoms with Crippen molar-refractivity contribution in [1.29, 1.82) is 0 Å². The second kappa shape index (κ2) is 6.26. The predicted octanol–water partition coefficient (Wildman–Crippen LogP) is 1.35. The standard InChI is InChI=1S/C15H16N2O7/c1-15(14(21)24-2,7-6-12(18)19)16-8-10-9(13(16)20)4-3-5-11(10)17(22)23/h3-5H,6-8H2,1-2H3,(H,18,19). The van der Waals surface area contributed by atoms with Gasteiger partial charge in [-0.15, -0.1) is 0 Å². The van der Waals surface area contributed by atoms with Gasteiger partial charge in [-0.1, -0.05) is 6.07 Å². The summed E-state index contributed by atoms with van der Waals surface area (Å²) in [6.45, 7) is 1.24. The van der Waals surface area contributed by atoms with Gasteiger partial charge in [0, 0.05) is 12.5 Å². The van der Waals surface area contributed by atoms with E-state index in [9.17, 15) is 24.5 Å². The highest BCUT2D eigenvalue weighted by Crippen LogP contribution is 2.37. The molecule has 0 spiro atoms. The van der Waals surface area contributed by atoms with Gasteiger partial charge in [0.2, 0.25) is 0 Å². The maximum Gasteiger partial charge on any atom is 0.331 e. The largest absolute Gasteiger partial charge is 0.481 e. The number of fused-ring (bicyclic) bond motifs is 1. The van der Waals surface area contributed by atoms with Crippen LogP contribution in [-0.4, -0.2) is 45.4 Å². The second-order valence-electron chi connectivity index (χ2n) is 5.61. The lowest BCUT2D eigenvalue weighted by molar-refractivity contribution is -0.385. The highest BCUT2D eigenvalue weighted by Gasteiger charge is 2.48. The molecule has 1 unspecified atom stereocenters. The third kappa shape index (κ3) is 2.80. The Balaban J connectivity index is 2.45. The summed E-state index contributed by atoms with van der Waals surface area (Å²) in [6.07, 6.45) is -0.518. The van der Waals surface area contributed by atoms with Crippen molar-refractivity contribution in [3.63, 3.8) is 0 Å². The van der Waals surface area contributed by atoms with Crippen LogP contribution in [0.5, 0.6) is 0 Å². The fourth-order valence-electron chi connectivity index (χ4n) is 2.80. The van der Waals surface area contributed by atoms with E-state index in [0.717, 1.165) is 12.0 Å². The summed E-state index contributed by atoms with van der Waals surface area (Å²) in [5, 5.41) is 20.0. The van der Waals surface area contributed by atoms with Gasteiger partial charge < -0.3 is 14.7 Å². The van der Waals surface area contributed by atoms with Gasteiger partial charge >= 0.3 is 11.9 Å². The minimum atomic E-state index is -1.53. The Morgan fingerprint density at radius 3 is 2.67 bits per heavy atom. The zero-order valence-corrected chi connectivity index (χ0v) is 13.1. The molecule has 0 radical (unpaired) electrons. The molecule has 1 aliphatic heterocycles. The van der Waals surface area contributed by atoms with E-state index in [0.29, 0.717) is 0 Å². The molecule has 24 heavy (non-hydrogen) atoms. The van der Waals surface area contributed by atoms with Crippen molar-refractivity contribution < 1.29 is 29.2 Å². The average Bonchev–Trinajstić information content (AvgIpc) is 2.89. The number of carbonyl (C=O) groups excluding carboxylic acids is 2. The van der Waals surface area contributed by atoms with Crippen LogP contribution in [0.4, 0.5) is 5.69 Å². The first kappa shape index (κ1) is 17.4. The van der Waals surface area contributed by atoms with E-state index in [-0.39, 0.29) is 36.2 Å². The summed E-state index contributed by atoms with van der Waals surface area (Å²) in [7, 11) is 1.14. The summed E-state index contributed by atoms with van der Waals surface area (Å²) < 4.78 is 4.73. The molecule has 0 bridgehead atoms. The molecular formula is C15H16N2O7. The maximum absolute atomic E-state index is 12.6. The van der Waals surface area contributed by atoms with Crippen LogP contribution in [0.25, 0.3) is 0 Å². The van der Waals surface area contributed by atoms with E-state index in [2.05, 4.69) is 0 Å². The average molecular weight is 336 g/mol. The van der Waals surface area contributed by atoms with Crippen molar-refractivity contribution in [1.82, 2.24) is 4.90 Å². The zero-order chi connectivity index (χ0) is 18.1. The van der Waals surface area contributed by atoms with E-state index in [1.54, 1.807) is 0 Å². The van der Waals surface area contributed by atoms with Gasteiger partial charge in [0.1, 0.15) is 5.54 Å². The Hall–Kier alpha value is -2.97. The van der Waals surface area contributed by atoms with Crippen molar-refractivity contribution in [2.24, 2.45) is 0 Å². The highest BCUT2D eigenvalue weighted by molar-refractivity contribution is 6.02. The molecule has 0 aromatic heterocycles. The molecular weight excluding hydrogens is 320 g/mol. The molecule has 1 heterocycles. The lowest BCUT2D eigenvalue weighted by atomic mass is 9.93. The SMILES string of the molecule is COC(=O)C(C)(CCC(=O)O)N1Cc2c(cccc2[N+](=O)[O-])C1=O. The normalized spacial score (nSPS) is 15.6. The van der Waals surface area contributed by atoms with Crippen molar-refractivity contribution in [3.05, 3.63) is 39.4 Å². The topological polar surface area (TPSA) is 127 Å². The summed E-state index contributed by atoms with van der Waals surface area (Å²) in [5.74, 6) is -2.46. The van der Waals surface area contributed by atoms with Crippen LogP contribution in [0, 0.1) is 10.1 Å². The number of carbonyl (C=O) groups is 3. The lowest BCUT2D eigenvalue weighted by Gasteiger charge is -2.35. The number of ether oxygens (including phenoxy) is 1. The fourth-order valence-corrected chi connectivity index (χ4v) is 2.80. The summed E-state index contributed by atoms with van der Waals surface area (Å²) in [6, 6.07) is 4.12. The first-order valence-electron chi connectivity index (χ1n) is 7.11. The number of esters is 1. The molecule has 1 aliphatic rings. The Bertz CT molecular complexity index is 731. The summed E-state index contributed by atoms with van der Waals surface area (Å²) in [5.41, 5.74) is -1.40. The van der Waals surface area contributed by atoms with Gasteiger partial charge in [-0.3, -0.25) is 19.7 Å². The predicted molar refractivity (Wildman–Crippen MR) is 80.3 cm³/mol. The molecule has 0 saturated heterocycles. The summed E-state index contributed by atoms with van der Waals surface area (Å²) >= 11 is 0. The van der Waals surface area contributed by atoms with Gasteiger partial charge in [0.05, 0.1) is 29.7 Å². The van der Waals surface area contributed by atoms with E-state index in [1.165, 1.54) is 25.1 Å². The van der Waals surface area contributed by atoms with Crippen molar-refractivity contribution in [2.45, 2.75) is 31.8 Å². The molecule has 1 N–H and O–H groups in total. The van der Waals surface area contributed by atoms with Crippen molar-refractivity contribution >= 4 is 23.5 Å². The quantitative estimate of drug-likeness (QED) is 0.472. The number of rotatable bonds is 6. The van der Waals surface area contributed by atoms with Crippen LogP contribution in [-0.2, 0) is 20.9 Å². The molecule has 9 heteroatoms. The van der Waals surface area contributed by atoms with Crippen LogP contribution >= 0.6 is 0 Å². The monoisotopic (exact) mass is 336 g/mol. The van der Waals surface area contributed by atoms with E-state index < -0.39 is 28.3 Å². The molecule has 2 rings (SSSR count). The third-order valence-corrected chi connectivity index (χ3v) is 4.19. The first-order valence-corrected chi connectivity index (χ1v) is 7.11. The molecule has 0 fully saturated rings. The third-order valence-electron chi connectivity index (χ3n) is 4.19. The Kier molecular flexibility index (Phi) is 4.54. The van der Waals surface area contributed by atoms with Gasteiger partial charge in [-0.25, -0.2) is 4.79 Å². The van der Waals surface area contributed by atoms with E-state index >= 15 is 0 Å². The number of amides is 1. The smallest absolute Gasteiger partial charge is 0.331 e. The number of carboxylic acids is 1. The van der Waals surface area contributed by atoms with Crippen molar-refractivity contribution in [2.75, 3.05) is 7.11 Å². The fraction of sp³-hybridized carbons (Fsp3) is 0.400. The number of hydrogen-bond donors (Lipinski definition) is 1. The van der Waals surface area contributed by atoms with Crippen LogP contribution < -0.4 is 0 Å². The van der Waals surface area contributed by atoms with Crippen LogP contribution in [0.2, 0.25) is 0 Å². The molecule has 128 valence electrons. The second-order valence-corrected chi connectivity index (χ2v) is 5.61. The number of nitrogens with zero attached hydrogens (tertiary/aromatic N) is 2. The van der Waals surface area contributed by atoms with Gasteiger partial charge in [0.15, 0.2) is 0 Å². The van der Waals surface area contributed by atoms with Crippen LogP contribution in [0.15, 0.2) is 18.2 Å². The maximum atomic E-state index is 12.6. The lowest BCUT2D eigenvalue weighted by Crippen LogP contribution is -2.53. The van der Waals surface area contributed by atoms with Crippen LogP contribution in [0.1, 0.15) is 35.7 Å². The Labute approximate surface area is 137 Å². The highest BCUT2D eigenvalue weighted by atomic mass is 16.6. The van der Waals surface area contributed by atoms with Gasteiger partial charge in [-0.05, 0) is 19.4 Å². The van der Waals surface area contributed by atoms with Gasteiger partial charge in [-0.2, -0.15) is 0 Å². The molecule has 1 aromatic rings. The van der Waals surface area contributed by atoms with E-state index in [4.69, 9.17) is 9.84 Å². The van der Waals surface area contributed by atoms with Gasteiger partial charge in [0.25, 0.3) is 11.6 Å². The minimum absolute atomic E-state index is 0.134. The summed E-state index contributed by atoms with van der Waals surface area (Å²) in [4.78, 5) is 47.4. The number of aliphatic carboxylic acids is 1. The number of nitro benzene ring substituents is 1. The van der Waals surface area contributed by atoms with Crippen molar-refractivity contribution in [3.8, 4) is 0 Å². The number of nitro groups is 1. The molecule has 1 atom stereocenters. The van der Waals surface area contributed by atoms with Crippen LogP contribution in [0.3, 0.4) is 0 Å². The number of carboxylic acid groups (broad SMARTS) is 1. The molecule has 1 amide bonds. The molecule has 1 aromatic carbocycles. The molecule has 0 aliphatic carbocycles. The van der Waals surface area contributed by atoms with E-state index in [1.807, 2.05) is 0 Å². The zero-order valence-electron chi connectivity index (χ0n) is 13.1. The number of benzene rings is 1. The Morgan fingerprint density at radius 2 is 2.12 bits per heavy atom. The minimum Gasteiger partial charge on any atom is -0.481 e. The number of hydrogen-bond acceptors (Lipinski definition) is 6. The molecule has 9 nitrogen and oxygen atoms in total.